The number of amides is 3. The van der Waals surface area contributed by atoms with Gasteiger partial charge in [-0.25, -0.2) is 0 Å². The number of carbonyl (C=O) groups excluding carboxylic acids is 4. The van der Waals surface area contributed by atoms with E-state index >= 15 is 0 Å². The number of likely N-dealkylation sites (tertiary alicyclic amines) is 1. The van der Waals surface area contributed by atoms with E-state index in [1.807, 2.05) is 16.7 Å². The van der Waals surface area contributed by atoms with E-state index in [1.54, 1.807) is 4.90 Å². The summed E-state index contributed by atoms with van der Waals surface area (Å²) in [5.41, 5.74) is 1.34. The molecule has 2 atom stereocenters. The van der Waals surface area contributed by atoms with Crippen LogP contribution in [0.15, 0.2) is 23.4 Å². The van der Waals surface area contributed by atoms with Gasteiger partial charge >= 0.3 is 5.97 Å². The minimum Gasteiger partial charge on any atom is -0.465 e. The first-order valence-corrected chi connectivity index (χ1v) is 14.9. The number of esters is 1. The van der Waals surface area contributed by atoms with Crippen LogP contribution < -0.4 is 0 Å². The highest BCUT2D eigenvalue weighted by molar-refractivity contribution is 5.92. The lowest BCUT2D eigenvalue weighted by molar-refractivity contribution is -0.162. The van der Waals surface area contributed by atoms with Gasteiger partial charge in [0.15, 0.2) is 0 Å². The number of carbonyl (C=O) groups is 4. The fourth-order valence-electron chi connectivity index (χ4n) is 6.83. The summed E-state index contributed by atoms with van der Waals surface area (Å²) in [5.74, 6) is -0.497. The molecule has 0 bridgehead atoms. The van der Waals surface area contributed by atoms with Crippen molar-refractivity contribution in [3.8, 4) is 0 Å². The predicted octanol–water partition coefficient (Wildman–Crippen LogP) is 3.81. The molecule has 2 saturated heterocycles. The second-order valence-electron chi connectivity index (χ2n) is 11.7. The molecule has 0 N–H and O–H groups in total. The molecular formula is C30H43N3O5. The van der Waals surface area contributed by atoms with Crippen LogP contribution in [0.3, 0.4) is 0 Å². The Bertz CT molecular complexity index is 1010. The van der Waals surface area contributed by atoms with Crippen molar-refractivity contribution in [1.82, 2.24) is 14.7 Å². The monoisotopic (exact) mass is 525 g/mol. The maximum absolute atomic E-state index is 13.9. The number of hydrogen-bond acceptors (Lipinski definition) is 5. The smallest absolute Gasteiger partial charge is 0.318 e. The summed E-state index contributed by atoms with van der Waals surface area (Å²) in [6.45, 7) is 4.78. The summed E-state index contributed by atoms with van der Waals surface area (Å²) in [5, 5.41) is 0. The van der Waals surface area contributed by atoms with Gasteiger partial charge in [-0.1, -0.05) is 17.7 Å². The molecule has 2 heterocycles. The fraction of sp³-hybridized carbons (Fsp3) is 0.733. The Balaban J connectivity index is 1.31. The number of piperazine rings is 1. The molecule has 0 radical (unpaired) electrons. The Labute approximate surface area is 226 Å². The van der Waals surface area contributed by atoms with Gasteiger partial charge in [0.25, 0.3) is 0 Å². The molecule has 208 valence electrons. The molecule has 3 fully saturated rings. The van der Waals surface area contributed by atoms with Crippen molar-refractivity contribution in [2.45, 2.75) is 84.0 Å². The van der Waals surface area contributed by atoms with E-state index in [0.29, 0.717) is 52.2 Å². The Kier molecular flexibility index (Phi) is 8.24. The van der Waals surface area contributed by atoms with E-state index in [4.69, 9.17) is 4.74 Å². The summed E-state index contributed by atoms with van der Waals surface area (Å²) in [4.78, 5) is 58.7. The standard InChI is InChI=1S/C30H43N3O5/c1-2-38-29(37)30-14-7-6-10-25(30)33(15-13-22-8-4-3-5-9-22)28(36)24(21-30)20-26(34)31-16-18-32(19-17-31)27(35)23-11-12-23/h8,10,23-24H,2-7,9,11-21H2,1H3/t24-,30+/m1/s1. The number of rotatable bonds is 8. The number of piperidine rings is 1. The van der Waals surface area contributed by atoms with Gasteiger partial charge in [-0.05, 0) is 77.6 Å². The molecule has 2 aliphatic heterocycles. The molecule has 38 heavy (non-hydrogen) atoms. The van der Waals surface area contributed by atoms with Crippen molar-refractivity contribution in [3.63, 3.8) is 0 Å². The van der Waals surface area contributed by atoms with Crippen LogP contribution in [-0.4, -0.2) is 77.7 Å². The number of nitrogens with zero attached hydrogens (tertiary/aromatic N) is 3. The zero-order valence-electron chi connectivity index (χ0n) is 22.9. The average molecular weight is 526 g/mol. The second-order valence-corrected chi connectivity index (χ2v) is 11.7. The van der Waals surface area contributed by atoms with Crippen LogP contribution in [0.2, 0.25) is 0 Å². The zero-order valence-corrected chi connectivity index (χ0v) is 22.9. The Hall–Kier alpha value is -2.64. The van der Waals surface area contributed by atoms with Crippen molar-refractivity contribution in [1.29, 1.82) is 0 Å². The van der Waals surface area contributed by atoms with E-state index in [-0.39, 0.29) is 36.0 Å². The quantitative estimate of drug-likeness (QED) is 0.355. The molecule has 0 unspecified atom stereocenters. The van der Waals surface area contributed by atoms with Crippen LogP contribution in [0.1, 0.15) is 84.0 Å². The highest BCUT2D eigenvalue weighted by Gasteiger charge is 2.54. The lowest BCUT2D eigenvalue weighted by atomic mass is 9.66. The molecule has 3 amide bonds. The Morgan fingerprint density at radius 3 is 2.42 bits per heavy atom. The molecule has 1 saturated carbocycles. The van der Waals surface area contributed by atoms with Gasteiger partial charge in [-0.3, -0.25) is 19.2 Å². The Morgan fingerprint density at radius 1 is 1.00 bits per heavy atom. The molecule has 0 aromatic rings. The maximum atomic E-state index is 13.9. The molecule has 0 aromatic heterocycles. The third-order valence-electron chi connectivity index (χ3n) is 9.14. The number of fused-ring (bicyclic) bond motifs is 1. The van der Waals surface area contributed by atoms with E-state index in [1.165, 1.54) is 18.4 Å². The van der Waals surface area contributed by atoms with Gasteiger partial charge in [0.05, 0.1) is 6.61 Å². The number of allylic oxidation sites excluding steroid dienone is 2. The summed E-state index contributed by atoms with van der Waals surface area (Å²) in [7, 11) is 0. The molecule has 3 aliphatic carbocycles. The van der Waals surface area contributed by atoms with Crippen LogP contribution >= 0.6 is 0 Å². The SMILES string of the molecule is CCOC(=O)[C@]12CCCC=C1N(CCC1=CCCCC1)C(=O)[C@H](CC(=O)N1CCN(C(=O)C3CC3)CC1)C2. The molecule has 5 rings (SSSR count). The van der Waals surface area contributed by atoms with Gasteiger partial charge in [0, 0.05) is 56.7 Å². The van der Waals surface area contributed by atoms with Crippen LogP contribution in [0.5, 0.6) is 0 Å². The van der Waals surface area contributed by atoms with E-state index in [2.05, 4.69) is 12.2 Å². The third-order valence-corrected chi connectivity index (χ3v) is 9.14. The molecule has 5 aliphatic rings. The Morgan fingerprint density at radius 2 is 1.74 bits per heavy atom. The van der Waals surface area contributed by atoms with E-state index in [9.17, 15) is 19.2 Å². The summed E-state index contributed by atoms with van der Waals surface area (Å²) >= 11 is 0. The zero-order chi connectivity index (χ0) is 26.7. The highest BCUT2D eigenvalue weighted by atomic mass is 16.5. The van der Waals surface area contributed by atoms with Crippen LogP contribution in [-0.2, 0) is 23.9 Å². The lowest BCUT2D eigenvalue weighted by Gasteiger charge is -2.48. The van der Waals surface area contributed by atoms with Gasteiger partial charge in [0.1, 0.15) is 5.41 Å². The lowest BCUT2D eigenvalue weighted by Crippen LogP contribution is -2.55. The number of hydrogen-bond donors (Lipinski definition) is 0. The van der Waals surface area contributed by atoms with Crippen LogP contribution in [0, 0.1) is 17.3 Å². The predicted molar refractivity (Wildman–Crippen MR) is 142 cm³/mol. The first-order valence-electron chi connectivity index (χ1n) is 14.9. The molecule has 0 spiro atoms. The van der Waals surface area contributed by atoms with Crippen molar-refractivity contribution < 1.29 is 23.9 Å². The van der Waals surface area contributed by atoms with Crippen LogP contribution in [0.4, 0.5) is 0 Å². The maximum Gasteiger partial charge on any atom is 0.318 e. The first-order chi connectivity index (χ1) is 18.4. The van der Waals surface area contributed by atoms with Crippen molar-refractivity contribution in [3.05, 3.63) is 23.4 Å². The molecule has 8 nitrogen and oxygen atoms in total. The molecular weight excluding hydrogens is 482 g/mol. The number of ether oxygens (including phenoxy) is 1. The van der Waals surface area contributed by atoms with E-state index < -0.39 is 11.3 Å². The van der Waals surface area contributed by atoms with Crippen LogP contribution in [0.25, 0.3) is 0 Å². The van der Waals surface area contributed by atoms with Crippen molar-refractivity contribution >= 4 is 23.7 Å². The minimum atomic E-state index is -0.858. The minimum absolute atomic E-state index is 0.0367. The van der Waals surface area contributed by atoms with Gasteiger partial charge in [-0.2, -0.15) is 0 Å². The highest BCUT2D eigenvalue weighted by Crippen LogP contribution is 2.50. The van der Waals surface area contributed by atoms with Crippen molar-refractivity contribution in [2.24, 2.45) is 17.3 Å². The van der Waals surface area contributed by atoms with Gasteiger partial charge < -0.3 is 19.4 Å². The summed E-state index contributed by atoms with van der Waals surface area (Å²) < 4.78 is 5.59. The molecule has 8 heteroatoms. The normalized spacial score (nSPS) is 27.9. The third kappa shape index (κ3) is 5.55. The summed E-state index contributed by atoms with van der Waals surface area (Å²) in [6.07, 6.45) is 14.5. The summed E-state index contributed by atoms with van der Waals surface area (Å²) in [6, 6.07) is 0. The van der Waals surface area contributed by atoms with Gasteiger partial charge in [0.2, 0.25) is 17.7 Å². The van der Waals surface area contributed by atoms with E-state index in [0.717, 1.165) is 50.6 Å². The fourth-order valence-corrected chi connectivity index (χ4v) is 6.83. The largest absolute Gasteiger partial charge is 0.465 e. The second kappa shape index (κ2) is 11.6. The van der Waals surface area contributed by atoms with Crippen molar-refractivity contribution in [2.75, 3.05) is 39.3 Å². The topological polar surface area (TPSA) is 87.2 Å². The van der Waals surface area contributed by atoms with Gasteiger partial charge in [-0.15, -0.1) is 0 Å². The first kappa shape index (κ1) is 26.9. The molecule has 0 aromatic carbocycles. The average Bonchev–Trinajstić information content (AvgIpc) is 3.79.